The fraction of sp³-hybridized carbons (Fsp3) is 0.455. The Balaban J connectivity index is 2.10. The van der Waals surface area contributed by atoms with Crippen LogP contribution in [0.25, 0.3) is 0 Å². The third kappa shape index (κ3) is 2.65. The van der Waals surface area contributed by atoms with E-state index in [0.29, 0.717) is 24.6 Å². The van der Waals surface area contributed by atoms with E-state index in [0.717, 1.165) is 11.3 Å². The minimum atomic E-state index is -0.996. The van der Waals surface area contributed by atoms with Crippen LogP contribution in [0, 0.1) is 0 Å². The number of carbonyl (C=O) groups is 2. The maximum Gasteiger partial charge on any atom is 0.345 e. The van der Waals surface area contributed by atoms with Crippen molar-refractivity contribution in [1.82, 2.24) is 4.90 Å². The van der Waals surface area contributed by atoms with Crippen molar-refractivity contribution in [3.63, 3.8) is 0 Å². The number of hydrogen-bond acceptors (Lipinski definition) is 4. The molecule has 0 spiro atoms. The van der Waals surface area contributed by atoms with Gasteiger partial charge < -0.3 is 14.7 Å². The normalized spacial score (nSPS) is 20.3. The summed E-state index contributed by atoms with van der Waals surface area (Å²) in [5, 5.41) is 8.80. The van der Waals surface area contributed by atoms with Crippen molar-refractivity contribution >= 4 is 23.2 Å². The lowest BCUT2D eigenvalue weighted by atomic mass is 10.3. The highest BCUT2D eigenvalue weighted by atomic mass is 32.1. The number of amides is 1. The molecule has 0 radical (unpaired) electrons. The van der Waals surface area contributed by atoms with Crippen molar-refractivity contribution < 1.29 is 19.4 Å². The molecule has 2 heterocycles. The highest BCUT2D eigenvalue weighted by Gasteiger charge is 2.24. The van der Waals surface area contributed by atoms with Gasteiger partial charge >= 0.3 is 5.97 Å². The minimum Gasteiger partial charge on any atom is -0.477 e. The topological polar surface area (TPSA) is 66.8 Å². The molecule has 2 rings (SSSR count). The average Bonchev–Trinajstić information content (AvgIpc) is 2.77. The lowest BCUT2D eigenvalue weighted by Crippen LogP contribution is -2.44. The van der Waals surface area contributed by atoms with Crippen molar-refractivity contribution in [2.24, 2.45) is 0 Å². The van der Waals surface area contributed by atoms with Crippen LogP contribution in [0.15, 0.2) is 12.1 Å². The molecule has 1 atom stereocenters. The Morgan fingerprint density at radius 3 is 2.76 bits per heavy atom. The fourth-order valence-electron chi connectivity index (χ4n) is 1.73. The molecule has 1 saturated heterocycles. The number of carboxylic acids is 1. The van der Waals surface area contributed by atoms with Gasteiger partial charge in [-0.3, -0.25) is 4.79 Å². The Labute approximate surface area is 103 Å². The molecule has 1 amide bonds. The first-order valence-electron chi connectivity index (χ1n) is 5.32. The highest BCUT2D eigenvalue weighted by Crippen LogP contribution is 2.19. The van der Waals surface area contributed by atoms with Gasteiger partial charge in [0, 0.05) is 13.1 Å². The minimum absolute atomic E-state index is 0.0339. The predicted molar refractivity (Wildman–Crippen MR) is 62.6 cm³/mol. The molecule has 1 unspecified atom stereocenters. The largest absolute Gasteiger partial charge is 0.477 e. The Hall–Kier alpha value is -1.40. The van der Waals surface area contributed by atoms with Crippen LogP contribution in [0.1, 0.15) is 26.3 Å². The van der Waals surface area contributed by atoms with Gasteiger partial charge in [-0.1, -0.05) is 0 Å². The Bertz CT molecular complexity index is 442. The third-order valence-corrected chi connectivity index (χ3v) is 3.62. The van der Waals surface area contributed by atoms with E-state index >= 15 is 0 Å². The molecule has 0 aromatic carbocycles. The molecule has 5 nitrogen and oxygen atoms in total. The van der Waals surface area contributed by atoms with Crippen LogP contribution in [-0.2, 0) is 4.74 Å². The smallest absolute Gasteiger partial charge is 0.345 e. The van der Waals surface area contributed by atoms with E-state index in [-0.39, 0.29) is 16.9 Å². The number of carbonyl (C=O) groups excluding carboxylic acids is 1. The molecule has 0 aliphatic carbocycles. The van der Waals surface area contributed by atoms with Crippen molar-refractivity contribution in [2.45, 2.75) is 13.0 Å². The maximum absolute atomic E-state index is 12.1. The van der Waals surface area contributed by atoms with E-state index in [2.05, 4.69) is 0 Å². The van der Waals surface area contributed by atoms with Gasteiger partial charge in [0.25, 0.3) is 5.91 Å². The third-order valence-electron chi connectivity index (χ3n) is 2.56. The van der Waals surface area contributed by atoms with E-state index in [9.17, 15) is 9.59 Å². The molecular formula is C11H13NO4S. The van der Waals surface area contributed by atoms with Gasteiger partial charge in [-0.2, -0.15) is 0 Å². The number of morpholine rings is 1. The van der Waals surface area contributed by atoms with Gasteiger partial charge in [-0.05, 0) is 19.1 Å². The molecule has 1 aliphatic heterocycles. The summed E-state index contributed by atoms with van der Waals surface area (Å²) in [5.41, 5.74) is 0. The number of rotatable bonds is 2. The van der Waals surface area contributed by atoms with Crippen LogP contribution < -0.4 is 0 Å². The van der Waals surface area contributed by atoms with Gasteiger partial charge in [0.1, 0.15) is 4.88 Å². The number of nitrogens with zero attached hydrogens (tertiary/aromatic N) is 1. The zero-order chi connectivity index (χ0) is 12.4. The van der Waals surface area contributed by atoms with Crippen LogP contribution in [0.4, 0.5) is 0 Å². The van der Waals surface area contributed by atoms with Crippen molar-refractivity contribution in [2.75, 3.05) is 19.7 Å². The first-order chi connectivity index (χ1) is 8.08. The zero-order valence-electron chi connectivity index (χ0n) is 9.38. The molecule has 92 valence electrons. The van der Waals surface area contributed by atoms with E-state index < -0.39 is 5.97 Å². The Morgan fingerprint density at radius 2 is 2.18 bits per heavy atom. The first-order valence-corrected chi connectivity index (χ1v) is 6.13. The van der Waals surface area contributed by atoms with Crippen LogP contribution in [0.5, 0.6) is 0 Å². The Kier molecular flexibility index (Phi) is 3.44. The molecule has 6 heteroatoms. The number of carboxylic acid groups (broad SMARTS) is 1. The summed E-state index contributed by atoms with van der Waals surface area (Å²) in [6.07, 6.45) is 0.0339. The summed E-state index contributed by atoms with van der Waals surface area (Å²) in [4.78, 5) is 25.2. The van der Waals surface area contributed by atoms with Gasteiger partial charge in [0.05, 0.1) is 17.6 Å². The summed E-state index contributed by atoms with van der Waals surface area (Å²) in [5.74, 6) is -1.11. The monoisotopic (exact) mass is 255 g/mol. The highest BCUT2D eigenvalue weighted by molar-refractivity contribution is 7.15. The van der Waals surface area contributed by atoms with Crippen LogP contribution in [-0.4, -0.2) is 47.7 Å². The van der Waals surface area contributed by atoms with Gasteiger partial charge in [0.2, 0.25) is 0 Å². The van der Waals surface area contributed by atoms with Gasteiger partial charge in [-0.15, -0.1) is 11.3 Å². The molecule has 17 heavy (non-hydrogen) atoms. The molecule has 1 aromatic rings. The molecule has 1 aromatic heterocycles. The lowest BCUT2D eigenvalue weighted by Gasteiger charge is -2.30. The van der Waals surface area contributed by atoms with Gasteiger partial charge in [-0.25, -0.2) is 4.79 Å². The summed E-state index contributed by atoms with van der Waals surface area (Å²) < 4.78 is 5.35. The van der Waals surface area contributed by atoms with Crippen molar-refractivity contribution in [1.29, 1.82) is 0 Å². The standard InChI is InChI=1S/C11H13NO4S/c1-7-6-12(4-5-16-7)10(13)8-2-3-9(17-8)11(14)15/h2-3,7H,4-6H2,1H3,(H,14,15). The molecule has 1 N–H and O–H groups in total. The predicted octanol–water partition coefficient (Wildman–Crippen LogP) is 1.31. The summed E-state index contributed by atoms with van der Waals surface area (Å²) in [7, 11) is 0. The molecular weight excluding hydrogens is 242 g/mol. The number of aromatic carboxylic acids is 1. The maximum atomic E-state index is 12.1. The van der Waals surface area contributed by atoms with Crippen LogP contribution >= 0.6 is 11.3 Å². The second kappa shape index (κ2) is 4.85. The lowest BCUT2D eigenvalue weighted by molar-refractivity contribution is -0.0122. The number of ether oxygens (including phenoxy) is 1. The average molecular weight is 255 g/mol. The van der Waals surface area contributed by atoms with E-state index in [4.69, 9.17) is 9.84 Å². The van der Waals surface area contributed by atoms with E-state index in [1.165, 1.54) is 6.07 Å². The summed E-state index contributed by atoms with van der Waals surface area (Å²) >= 11 is 1.01. The molecule has 1 aliphatic rings. The first kappa shape index (κ1) is 12.1. The summed E-state index contributed by atoms with van der Waals surface area (Å²) in [6.45, 7) is 3.56. The number of thiophene rings is 1. The molecule has 1 fully saturated rings. The van der Waals surface area contributed by atoms with Crippen LogP contribution in [0.2, 0.25) is 0 Å². The van der Waals surface area contributed by atoms with Crippen LogP contribution in [0.3, 0.4) is 0 Å². The SMILES string of the molecule is CC1CN(C(=O)c2ccc(C(=O)O)s2)CCO1. The summed E-state index contributed by atoms with van der Waals surface area (Å²) in [6, 6.07) is 3.03. The Morgan fingerprint density at radius 1 is 1.47 bits per heavy atom. The fourth-order valence-corrected chi connectivity index (χ4v) is 2.54. The molecule has 0 bridgehead atoms. The van der Waals surface area contributed by atoms with Crippen molar-refractivity contribution in [3.05, 3.63) is 21.9 Å². The van der Waals surface area contributed by atoms with Crippen molar-refractivity contribution in [3.8, 4) is 0 Å². The van der Waals surface area contributed by atoms with E-state index in [1.54, 1.807) is 11.0 Å². The van der Waals surface area contributed by atoms with Gasteiger partial charge in [0.15, 0.2) is 0 Å². The van der Waals surface area contributed by atoms with E-state index in [1.807, 2.05) is 6.92 Å². The number of hydrogen-bond donors (Lipinski definition) is 1. The molecule has 0 saturated carbocycles. The quantitative estimate of drug-likeness (QED) is 0.865. The second-order valence-corrected chi connectivity index (χ2v) is 4.99. The zero-order valence-corrected chi connectivity index (χ0v) is 10.2. The second-order valence-electron chi connectivity index (χ2n) is 3.90.